The zero-order valence-electron chi connectivity index (χ0n) is 12.1. The fraction of sp³-hybridized carbons (Fsp3) is 0.500. The molecule has 4 nitrogen and oxygen atoms in total. The maximum absolute atomic E-state index is 12.4. The summed E-state index contributed by atoms with van der Waals surface area (Å²) in [6.07, 6.45) is 1.61. The van der Waals surface area contributed by atoms with E-state index in [2.05, 4.69) is 0 Å². The third kappa shape index (κ3) is 3.18. The normalized spacial score (nSPS) is 19.0. The summed E-state index contributed by atoms with van der Waals surface area (Å²) in [5.41, 5.74) is 0.893. The van der Waals surface area contributed by atoms with Gasteiger partial charge < -0.3 is 9.64 Å². The number of carbonyl (C=O) groups excluding carboxylic acids is 2. The molecule has 0 bridgehead atoms. The highest BCUT2D eigenvalue weighted by molar-refractivity contribution is 5.86. The van der Waals surface area contributed by atoms with Crippen molar-refractivity contribution < 1.29 is 14.3 Å². The molecular formula is C16H21NO3. The van der Waals surface area contributed by atoms with E-state index in [1.54, 1.807) is 7.11 Å². The molecule has 20 heavy (non-hydrogen) atoms. The van der Waals surface area contributed by atoms with Gasteiger partial charge >= 0.3 is 0 Å². The fourth-order valence-corrected chi connectivity index (χ4v) is 2.62. The molecule has 1 heterocycles. The minimum absolute atomic E-state index is 0.00497. The van der Waals surface area contributed by atoms with Crippen LogP contribution in [0.4, 0.5) is 0 Å². The number of rotatable bonds is 4. The van der Waals surface area contributed by atoms with Gasteiger partial charge in [0.1, 0.15) is 11.5 Å². The van der Waals surface area contributed by atoms with E-state index in [-0.39, 0.29) is 17.6 Å². The fourth-order valence-electron chi connectivity index (χ4n) is 2.62. The molecule has 1 unspecified atom stereocenters. The Morgan fingerprint density at radius 2 is 2.15 bits per heavy atom. The predicted octanol–water partition coefficient (Wildman–Crippen LogP) is 2.07. The molecule has 0 aliphatic carbocycles. The van der Waals surface area contributed by atoms with Gasteiger partial charge in [-0.05, 0) is 12.5 Å². The Morgan fingerprint density at radius 3 is 2.85 bits per heavy atom. The number of ketones is 1. The predicted molar refractivity (Wildman–Crippen MR) is 76.7 cm³/mol. The van der Waals surface area contributed by atoms with E-state index >= 15 is 0 Å². The number of benzene rings is 1. The monoisotopic (exact) mass is 275 g/mol. The maximum Gasteiger partial charge on any atom is 0.227 e. The second-order valence-electron chi connectivity index (χ2n) is 5.15. The Bertz CT molecular complexity index is 498. The first-order valence-electron chi connectivity index (χ1n) is 7.08. The summed E-state index contributed by atoms with van der Waals surface area (Å²) in [5, 5.41) is 0. The van der Waals surface area contributed by atoms with Crippen LogP contribution < -0.4 is 4.74 Å². The SMILES string of the molecule is CCC1CN(C(=O)Cc2ccccc2OC)CCC1=O. The lowest BCUT2D eigenvalue weighted by atomic mass is 9.93. The summed E-state index contributed by atoms with van der Waals surface area (Å²) in [7, 11) is 1.61. The first-order valence-corrected chi connectivity index (χ1v) is 7.08. The molecule has 2 rings (SSSR count). The van der Waals surface area contributed by atoms with Crippen LogP contribution in [0.1, 0.15) is 25.3 Å². The van der Waals surface area contributed by atoms with Crippen molar-refractivity contribution in [2.75, 3.05) is 20.2 Å². The van der Waals surface area contributed by atoms with Crippen LogP contribution in [-0.2, 0) is 16.0 Å². The van der Waals surface area contributed by atoms with Crippen LogP contribution in [0.2, 0.25) is 0 Å². The number of hydrogen-bond donors (Lipinski definition) is 0. The lowest BCUT2D eigenvalue weighted by Crippen LogP contribution is -2.44. The van der Waals surface area contributed by atoms with Crippen molar-refractivity contribution >= 4 is 11.7 Å². The molecule has 0 spiro atoms. The van der Waals surface area contributed by atoms with E-state index in [1.807, 2.05) is 36.1 Å². The molecule has 1 aliphatic rings. The average molecular weight is 275 g/mol. The molecule has 1 fully saturated rings. The van der Waals surface area contributed by atoms with E-state index < -0.39 is 0 Å². The standard InChI is InChI=1S/C16H21NO3/c1-3-12-11-17(9-8-14(12)18)16(19)10-13-6-4-5-7-15(13)20-2/h4-7,12H,3,8-11H2,1-2H3. The van der Waals surface area contributed by atoms with Crippen molar-refractivity contribution in [1.82, 2.24) is 4.90 Å². The Morgan fingerprint density at radius 1 is 1.40 bits per heavy atom. The van der Waals surface area contributed by atoms with Gasteiger partial charge in [0.2, 0.25) is 5.91 Å². The molecule has 1 saturated heterocycles. The average Bonchev–Trinajstić information content (AvgIpc) is 2.48. The molecule has 1 aromatic carbocycles. The summed E-state index contributed by atoms with van der Waals surface area (Å²) in [6.45, 7) is 3.10. The molecule has 4 heteroatoms. The number of amides is 1. The van der Waals surface area contributed by atoms with Crippen LogP contribution in [0.5, 0.6) is 5.75 Å². The lowest BCUT2D eigenvalue weighted by molar-refractivity contribution is -0.136. The number of carbonyl (C=O) groups is 2. The van der Waals surface area contributed by atoms with E-state index in [4.69, 9.17) is 4.74 Å². The van der Waals surface area contributed by atoms with E-state index in [1.165, 1.54) is 0 Å². The van der Waals surface area contributed by atoms with Crippen LogP contribution in [-0.4, -0.2) is 36.8 Å². The zero-order valence-corrected chi connectivity index (χ0v) is 12.1. The largest absolute Gasteiger partial charge is 0.496 e. The summed E-state index contributed by atoms with van der Waals surface area (Å²) < 4.78 is 5.27. The van der Waals surface area contributed by atoms with Crippen LogP contribution in [0.25, 0.3) is 0 Å². The van der Waals surface area contributed by atoms with Crippen LogP contribution in [0, 0.1) is 5.92 Å². The molecule has 0 N–H and O–H groups in total. The number of ether oxygens (including phenoxy) is 1. The Labute approximate surface area is 119 Å². The first-order chi connectivity index (χ1) is 9.65. The zero-order chi connectivity index (χ0) is 14.5. The Hall–Kier alpha value is -1.84. The maximum atomic E-state index is 12.4. The van der Waals surface area contributed by atoms with Crippen molar-refractivity contribution in [2.45, 2.75) is 26.2 Å². The van der Waals surface area contributed by atoms with Gasteiger partial charge in [-0.2, -0.15) is 0 Å². The van der Waals surface area contributed by atoms with Crippen molar-refractivity contribution in [1.29, 1.82) is 0 Å². The third-order valence-corrected chi connectivity index (χ3v) is 3.90. The number of nitrogens with zero attached hydrogens (tertiary/aromatic N) is 1. The molecule has 0 aromatic heterocycles. The number of para-hydroxylation sites is 1. The smallest absolute Gasteiger partial charge is 0.227 e. The minimum Gasteiger partial charge on any atom is -0.496 e. The third-order valence-electron chi connectivity index (χ3n) is 3.90. The Kier molecular flexibility index (Phi) is 4.77. The molecular weight excluding hydrogens is 254 g/mol. The van der Waals surface area contributed by atoms with Crippen LogP contribution in [0.15, 0.2) is 24.3 Å². The molecule has 1 aliphatic heterocycles. The summed E-state index contributed by atoms with van der Waals surface area (Å²) >= 11 is 0. The number of methoxy groups -OCH3 is 1. The highest BCUT2D eigenvalue weighted by atomic mass is 16.5. The second kappa shape index (κ2) is 6.55. The van der Waals surface area contributed by atoms with Crippen molar-refractivity contribution in [3.05, 3.63) is 29.8 Å². The molecule has 0 radical (unpaired) electrons. The number of hydrogen-bond acceptors (Lipinski definition) is 3. The van der Waals surface area contributed by atoms with Gasteiger partial charge in [0.05, 0.1) is 13.5 Å². The van der Waals surface area contributed by atoms with Gasteiger partial charge in [0.25, 0.3) is 0 Å². The summed E-state index contributed by atoms with van der Waals surface area (Å²) in [5.74, 6) is 1.10. The Balaban J connectivity index is 2.03. The van der Waals surface area contributed by atoms with Gasteiger partial charge in [-0.15, -0.1) is 0 Å². The first kappa shape index (κ1) is 14.6. The number of Topliss-reactive ketones (excluding diaryl/α,β-unsaturated/α-hetero) is 1. The molecule has 1 atom stereocenters. The van der Waals surface area contributed by atoms with Gasteiger partial charge in [0, 0.05) is 31.0 Å². The minimum atomic E-state index is 0.00497. The van der Waals surface area contributed by atoms with Gasteiger partial charge in [-0.1, -0.05) is 25.1 Å². The van der Waals surface area contributed by atoms with Crippen LogP contribution in [0.3, 0.4) is 0 Å². The van der Waals surface area contributed by atoms with E-state index in [0.29, 0.717) is 25.9 Å². The van der Waals surface area contributed by atoms with Gasteiger partial charge in [-0.3, -0.25) is 9.59 Å². The summed E-state index contributed by atoms with van der Waals surface area (Å²) in [6, 6.07) is 7.56. The molecule has 0 saturated carbocycles. The highest BCUT2D eigenvalue weighted by Gasteiger charge is 2.28. The van der Waals surface area contributed by atoms with Crippen LogP contribution >= 0.6 is 0 Å². The van der Waals surface area contributed by atoms with Gasteiger partial charge in [-0.25, -0.2) is 0 Å². The van der Waals surface area contributed by atoms with E-state index in [0.717, 1.165) is 17.7 Å². The molecule has 108 valence electrons. The quantitative estimate of drug-likeness (QED) is 0.845. The lowest BCUT2D eigenvalue weighted by Gasteiger charge is -2.31. The topological polar surface area (TPSA) is 46.6 Å². The van der Waals surface area contributed by atoms with E-state index in [9.17, 15) is 9.59 Å². The molecule has 1 amide bonds. The van der Waals surface area contributed by atoms with Crippen molar-refractivity contribution in [3.8, 4) is 5.75 Å². The molecule has 1 aromatic rings. The second-order valence-corrected chi connectivity index (χ2v) is 5.15. The number of likely N-dealkylation sites (tertiary alicyclic amines) is 1. The van der Waals surface area contributed by atoms with Gasteiger partial charge in [0.15, 0.2) is 0 Å². The van der Waals surface area contributed by atoms with Crippen molar-refractivity contribution in [2.24, 2.45) is 5.92 Å². The number of piperidine rings is 1. The summed E-state index contributed by atoms with van der Waals surface area (Å²) in [4.78, 5) is 25.9. The highest BCUT2D eigenvalue weighted by Crippen LogP contribution is 2.21. The van der Waals surface area contributed by atoms with Crippen molar-refractivity contribution in [3.63, 3.8) is 0 Å².